The molecule has 0 saturated carbocycles. The third-order valence-corrected chi connectivity index (χ3v) is 1.73. The highest BCUT2D eigenvalue weighted by Gasteiger charge is 2.20. The summed E-state index contributed by atoms with van der Waals surface area (Å²) >= 11 is 0. The smallest absolute Gasteiger partial charge is 0.204 e. The number of carbonyl (C=O) groups excluding carboxylic acids is 1. The first kappa shape index (κ1) is 13.6. The van der Waals surface area contributed by atoms with E-state index in [0.717, 1.165) is 13.2 Å². The molecule has 5 heteroatoms. The molecule has 5 nitrogen and oxygen atoms in total. The molecule has 2 N–H and O–H groups in total. The van der Waals surface area contributed by atoms with Crippen LogP contribution in [0.3, 0.4) is 0 Å². The van der Waals surface area contributed by atoms with Gasteiger partial charge in [0.25, 0.3) is 0 Å². The normalized spacial score (nSPS) is 13.8. The summed E-state index contributed by atoms with van der Waals surface area (Å²) in [5, 5.41) is 4.17. The maximum absolute atomic E-state index is 8.58. The van der Waals surface area contributed by atoms with Crippen LogP contribution in [0.2, 0.25) is 0 Å². The zero-order valence-electron chi connectivity index (χ0n) is 9.51. The number of hydrogen-bond acceptors (Lipinski definition) is 3. The summed E-state index contributed by atoms with van der Waals surface area (Å²) in [5.41, 5.74) is 5.38. The van der Waals surface area contributed by atoms with Crippen LogP contribution in [-0.2, 0) is 9.53 Å². The largest absolute Gasteiger partial charge is 0.377 e. The molecule has 1 amide bonds. The number of ether oxygens (including phenoxy) is 1. The van der Waals surface area contributed by atoms with Crippen molar-refractivity contribution in [3.63, 3.8) is 0 Å². The molecule has 0 atom stereocenters. The molecule has 1 saturated heterocycles. The van der Waals surface area contributed by atoms with Gasteiger partial charge in [0.2, 0.25) is 6.41 Å². The number of nitrogens with two attached hydrogens (primary N) is 1. The van der Waals surface area contributed by atoms with Crippen molar-refractivity contribution in [2.45, 2.75) is 26.8 Å². The summed E-state index contributed by atoms with van der Waals surface area (Å²) in [6.07, 6.45) is 4.17. The van der Waals surface area contributed by atoms with E-state index < -0.39 is 0 Å². The molecule has 0 aromatic carbocycles. The van der Waals surface area contributed by atoms with Gasteiger partial charge in [0.1, 0.15) is 0 Å². The summed E-state index contributed by atoms with van der Waals surface area (Å²) < 4.78 is 7.01. The number of carbonyl (C=O) groups is 1. The number of rotatable bonds is 1. The molecule has 0 radical (unpaired) electrons. The lowest BCUT2D eigenvalue weighted by Crippen LogP contribution is -2.30. The zero-order chi connectivity index (χ0) is 11.7. The van der Waals surface area contributed by atoms with E-state index >= 15 is 0 Å². The van der Waals surface area contributed by atoms with Crippen molar-refractivity contribution < 1.29 is 9.53 Å². The second-order valence-corrected chi connectivity index (χ2v) is 2.83. The average molecular weight is 213 g/mol. The van der Waals surface area contributed by atoms with Crippen molar-refractivity contribution in [3.8, 4) is 0 Å². The van der Waals surface area contributed by atoms with Crippen LogP contribution < -0.4 is 5.73 Å². The Labute approximate surface area is 90.2 Å². The molecule has 1 aliphatic heterocycles. The number of nitrogens with zero attached hydrogens (tertiary/aromatic N) is 2. The minimum absolute atomic E-state index is 0.250. The standard InChI is InChI=1S/C7H10N2O.C2H6.CH3NO/c1-6-2-8-9(3-6)7-4-10-5-7;1-2;2-1-3/h2-3,7H,4-5H2,1H3;1-2H3;1H,(H2,2,3). The van der Waals surface area contributed by atoms with Gasteiger partial charge in [-0.2, -0.15) is 5.10 Å². The second kappa shape index (κ2) is 7.99. The monoisotopic (exact) mass is 213 g/mol. The SMILES string of the molecule is CC.Cc1cnn(C2COC2)c1.NC=O. The fraction of sp³-hybridized carbons (Fsp3) is 0.600. The Bertz CT molecular complexity index is 269. The molecular formula is C10H19N3O2. The lowest BCUT2D eigenvalue weighted by atomic mass is 10.3. The van der Waals surface area contributed by atoms with E-state index in [1.165, 1.54) is 5.56 Å². The van der Waals surface area contributed by atoms with Crippen LogP contribution in [0.15, 0.2) is 12.4 Å². The van der Waals surface area contributed by atoms with E-state index in [9.17, 15) is 0 Å². The van der Waals surface area contributed by atoms with Gasteiger partial charge in [-0.1, -0.05) is 13.8 Å². The Kier molecular flexibility index (Phi) is 7.27. The number of hydrogen-bond donors (Lipinski definition) is 1. The number of primary amides is 1. The number of aromatic nitrogens is 2. The van der Waals surface area contributed by atoms with Crippen molar-refractivity contribution in [3.05, 3.63) is 18.0 Å². The fourth-order valence-corrected chi connectivity index (χ4v) is 1.01. The summed E-state index contributed by atoms with van der Waals surface area (Å²) in [7, 11) is 0. The summed E-state index contributed by atoms with van der Waals surface area (Å²) in [6.45, 7) is 7.69. The molecule has 0 aliphatic carbocycles. The lowest BCUT2D eigenvalue weighted by Gasteiger charge is -2.25. The molecule has 1 aliphatic rings. The molecule has 2 heterocycles. The average Bonchev–Trinajstić information content (AvgIpc) is 2.54. The first-order valence-corrected chi connectivity index (χ1v) is 5.01. The van der Waals surface area contributed by atoms with Crippen LogP contribution >= 0.6 is 0 Å². The van der Waals surface area contributed by atoms with Gasteiger partial charge in [0, 0.05) is 6.20 Å². The maximum Gasteiger partial charge on any atom is 0.204 e. The molecule has 1 aromatic rings. The van der Waals surface area contributed by atoms with Gasteiger partial charge in [-0.05, 0) is 12.5 Å². The van der Waals surface area contributed by atoms with Crippen molar-refractivity contribution in [2.75, 3.05) is 13.2 Å². The predicted molar refractivity (Wildman–Crippen MR) is 58.4 cm³/mol. The van der Waals surface area contributed by atoms with E-state index in [1.807, 2.05) is 37.8 Å². The molecular weight excluding hydrogens is 194 g/mol. The Morgan fingerprint density at radius 3 is 2.40 bits per heavy atom. The lowest BCUT2D eigenvalue weighted by molar-refractivity contribution is -0.106. The maximum atomic E-state index is 8.58. The van der Waals surface area contributed by atoms with Crippen LogP contribution in [0.1, 0.15) is 25.5 Å². The Hall–Kier alpha value is -1.36. The highest BCUT2D eigenvalue weighted by atomic mass is 16.5. The zero-order valence-corrected chi connectivity index (χ0v) is 9.51. The van der Waals surface area contributed by atoms with Crippen molar-refractivity contribution in [1.82, 2.24) is 9.78 Å². The summed E-state index contributed by atoms with van der Waals surface area (Å²) in [5.74, 6) is 0. The van der Waals surface area contributed by atoms with E-state index in [1.54, 1.807) is 0 Å². The van der Waals surface area contributed by atoms with Gasteiger partial charge >= 0.3 is 0 Å². The fourth-order valence-electron chi connectivity index (χ4n) is 1.01. The van der Waals surface area contributed by atoms with Gasteiger partial charge < -0.3 is 10.5 Å². The van der Waals surface area contributed by atoms with Crippen LogP contribution in [0.25, 0.3) is 0 Å². The highest BCUT2D eigenvalue weighted by Crippen LogP contribution is 2.15. The molecule has 1 aromatic heterocycles. The predicted octanol–water partition coefficient (Wildman–Crippen LogP) is 0.891. The molecule has 0 unspecified atom stereocenters. The Morgan fingerprint density at radius 2 is 2.13 bits per heavy atom. The van der Waals surface area contributed by atoms with Gasteiger partial charge in [-0.25, -0.2) is 0 Å². The third-order valence-electron chi connectivity index (χ3n) is 1.73. The molecule has 86 valence electrons. The first-order chi connectivity index (χ1) is 7.27. The van der Waals surface area contributed by atoms with Gasteiger partial charge in [-0.3, -0.25) is 9.48 Å². The minimum Gasteiger partial charge on any atom is -0.377 e. The van der Waals surface area contributed by atoms with E-state index in [-0.39, 0.29) is 6.41 Å². The molecule has 0 bridgehead atoms. The summed E-state index contributed by atoms with van der Waals surface area (Å²) in [4.78, 5) is 8.58. The number of aryl methyl sites for hydroxylation is 1. The van der Waals surface area contributed by atoms with Crippen LogP contribution in [0.4, 0.5) is 0 Å². The van der Waals surface area contributed by atoms with E-state index in [2.05, 4.69) is 10.8 Å². The Morgan fingerprint density at radius 1 is 1.60 bits per heavy atom. The molecule has 2 rings (SSSR count). The Balaban J connectivity index is 0.000000342. The van der Waals surface area contributed by atoms with Crippen LogP contribution in [0.5, 0.6) is 0 Å². The van der Waals surface area contributed by atoms with Crippen molar-refractivity contribution in [1.29, 1.82) is 0 Å². The van der Waals surface area contributed by atoms with E-state index in [0.29, 0.717) is 6.04 Å². The summed E-state index contributed by atoms with van der Waals surface area (Å²) in [6, 6.07) is 0.494. The van der Waals surface area contributed by atoms with Crippen molar-refractivity contribution >= 4 is 6.41 Å². The minimum atomic E-state index is 0.250. The second-order valence-electron chi connectivity index (χ2n) is 2.83. The van der Waals surface area contributed by atoms with Crippen molar-refractivity contribution in [2.24, 2.45) is 5.73 Å². The first-order valence-electron chi connectivity index (χ1n) is 5.01. The molecule has 1 fully saturated rings. The van der Waals surface area contributed by atoms with Gasteiger partial charge in [0.05, 0.1) is 25.5 Å². The highest BCUT2D eigenvalue weighted by molar-refractivity contribution is 5.42. The van der Waals surface area contributed by atoms with Crippen LogP contribution in [-0.4, -0.2) is 29.4 Å². The van der Waals surface area contributed by atoms with E-state index in [4.69, 9.17) is 9.53 Å². The van der Waals surface area contributed by atoms with Gasteiger partial charge in [-0.15, -0.1) is 0 Å². The number of amides is 1. The molecule has 15 heavy (non-hydrogen) atoms. The van der Waals surface area contributed by atoms with Crippen LogP contribution in [0, 0.1) is 6.92 Å². The quantitative estimate of drug-likeness (QED) is 0.704. The third kappa shape index (κ3) is 4.60. The molecule has 0 spiro atoms. The topological polar surface area (TPSA) is 70.1 Å². The van der Waals surface area contributed by atoms with Gasteiger partial charge in [0.15, 0.2) is 0 Å².